The van der Waals surface area contributed by atoms with Crippen molar-refractivity contribution in [3.05, 3.63) is 22.5 Å². The van der Waals surface area contributed by atoms with Gasteiger partial charge < -0.3 is 14.6 Å². The number of aromatic amines is 1. The molecule has 5 nitrogen and oxygen atoms in total. The van der Waals surface area contributed by atoms with Gasteiger partial charge in [0.05, 0.1) is 12.3 Å². The number of ether oxygens (including phenoxy) is 1. The summed E-state index contributed by atoms with van der Waals surface area (Å²) in [5.41, 5.74) is 1.51. The van der Waals surface area contributed by atoms with Crippen molar-refractivity contribution in [2.45, 2.75) is 39.0 Å². The Morgan fingerprint density at radius 1 is 1.57 bits per heavy atom. The Balaban J connectivity index is 1.89. The summed E-state index contributed by atoms with van der Waals surface area (Å²) < 4.78 is 5.47. The van der Waals surface area contributed by atoms with Gasteiger partial charge >= 0.3 is 5.97 Å². The Bertz CT molecular complexity index is 635. The lowest BCUT2D eigenvalue weighted by atomic mass is 9.92. The number of anilines is 1. The van der Waals surface area contributed by atoms with Gasteiger partial charge in [-0.25, -0.2) is 0 Å². The largest absolute Gasteiger partial charge is 0.466 e. The van der Waals surface area contributed by atoms with Crippen LogP contribution in [-0.2, 0) is 9.53 Å². The van der Waals surface area contributed by atoms with E-state index in [1.165, 1.54) is 13.3 Å². The number of unbranched alkanes of at least 4 members (excludes halogenated alkanes) is 1. The monoisotopic (exact) mass is 333 g/mol. The molecule has 2 heterocycles. The molecule has 0 bridgehead atoms. The quantitative estimate of drug-likeness (QED) is 0.490. The Hall–Kier alpha value is -1.87. The van der Waals surface area contributed by atoms with E-state index >= 15 is 0 Å². The molecule has 1 fully saturated rings. The standard InChI is InChI=1S/C17H23N3O2S/c1-13(21)22-10-3-2-5-14-6-4-9-20(12-14)16-7-8-19-17(23)15(16)11-18/h7-8,14H,2-6,9-10,12H2,1H3,(H,19,23). The third kappa shape index (κ3) is 5.07. The fraction of sp³-hybridized carbons (Fsp3) is 0.588. The molecule has 1 aromatic rings. The van der Waals surface area contributed by atoms with Crippen molar-refractivity contribution in [3.8, 4) is 6.07 Å². The van der Waals surface area contributed by atoms with E-state index in [0.29, 0.717) is 22.7 Å². The minimum Gasteiger partial charge on any atom is -0.466 e. The van der Waals surface area contributed by atoms with E-state index in [4.69, 9.17) is 17.0 Å². The van der Waals surface area contributed by atoms with Crippen LogP contribution >= 0.6 is 12.2 Å². The van der Waals surface area contributed by atoms with Crippen LogP contribution in [0.3, 0.4) is 0 Å². The normalized spacial score (nSPS) is 17.6. The number of nitrogens with zero attached hydrogens (tertiary/aromatic N) is 2. The SMILES string of the molecule is CC(=O)OCCCCC1CCCN(c2cc[nH]c(=S)c2C#N)C1. The lowest BCUT2D eigenvalue weighted by Crippen LogP contribution is -2.36. The second-order valence-electron chi connectivity index (χ2n) is 5.97. The topological polar surface area (TPSA) is 69.1 Å². The summed E-state index contributed by atoms with van der Waals surface area (Å²) in [6.07, 6.45) is 7.25. The van der Waals surface area contributed by atoms with Gasteiger partial charge in [0.25, 0.3) is 0 Å². The number of esters is 1. The van der Waals surface area contributed by atoms with Gasteiger partial charge in [-0.15, -0.1) is 0 Å². The molecule has 1 atom stereocenters. The minimum absolute atomic E-state index is 0.210. The number of rotatable bonds is 6. The molecule has 1 aliphatic heterocycles. The Morgan fingerprint density at radius 3 is 3.13 bits per heavy atom. The highest BCUT2D eigenvalue weighted by molar-refractivity contribution is 7.71. The fourth-order valence-corrected chi connectivity index (χ4v) is 3.33. The number of H-pyrrole nitrogens is 1. The Morgan fingerprint density at radius 2 is 2.39 bits per heavy atom. The second-order valence-corrected chi connectivity index (χ2v) is 6.38. The van der Waals surface area contributed by atoms with Crippen molar-refractivity contribution in [1.29, 1.82) is 5.26 Å². The highest BCUT2D eigenvalue weighted by Gasteiger charge is 2.22. The first kappa shape index (κ1) is 17.5. The number of hydrogen-bond acceptors (Lipinski definition) is 5. The molecule has 1 N–H and O–H groups in total. The van der Waals surface area contributed by atoms with Gasteiger partial charge in [0.1, 0.15) is 16.3 Å². The first-order valence-corrected chi connectivity index (χ1v) is 8.52. The summed E-state index contributed by atoms with van der Waals surface area (Å²) >= 11 is 5.21. The number of aromatic nitrogens is 1. The molecule has 0 aromatic carbocycles. The van der Waals surface area contributed by atoms with Crippen molar-refractivity contribution in [1.82, 2.24) is 4.98 Å². The summed E-state index contributed by atoms with van der Waals surface area (Å²) in [5, 5.41) is 9.34. The van der Waals surface area contributed by atoms with Gasteiger partial charge in [0, 0.05) is 26.2 Å². The van der Waals surface area contributed by atoms with Crippen molar-refractivity contribution >= 4 is 23.9 Å². The summed E-state index contributed by atoms with van der Waals surface area (Å²) in [4.78, 5) is 15.9. The fourth-order valence-electron chi connectivity index (χ4n) is 3.11. The van der Waals surface area contributed by atoms with Gasteiger partial charge in [-0.05, 0) is 44.1 Å². The van der Waals surface area contributed by atoms with Gasteiger partial charge in [0.2, 0.25) is 0 Å². The van der Waals surface area contributed by atoms with Crippen molar-refractivity contribution < 1.29 is 9.53 Å². The van der Waals surface area contributed by atoms with Gasteiger partial charge in [-0.2, -0.15) is 5.26 Å². The van der Waals surface area contributed by atoms with Crippen LogP contribution in [0.5, 0.6) is 0 Å². The van der Waals surface area contributed by atoms with Gasteiger partial charge in [0.15, 0.2) is 0 Å². The zero-order valence-electron chi connectivity index (χ0n) is 13.5. The van der Waals surface area contributed by atoms with Crippen molar-refractivity contribution in [2.24, 2.45) is 5.92 Å². The van der Waals surface area contributed by atoms with E-state index in [2.05, 4.69) is 16.0 Å². The van der Waals surface area contributed by atoms with E-state index in [0.717, 1.165) is 44.5 Å². The molecule has 1 aromatic heterocycles. The zero-order chi connectivity index (χ0) is 16.7. The number of nitriles is 1. The maximum absolute atomic E-state index is 10.7. The minimum atomic E-state index is -0.210. The van der Waals surface area contributed by atoms with Crippen LogP contribution in [0.1, 0.15) is 44.6 Å². The highest BCUT2D eigenvalue weighted by atomic mass is 32.1. The summed E-state index contributed by atoms with van der Waals surface area (Å²) in [6, 6.07) is 4.16. The lowest BCUT2D eigenvalue weighted by Gasteiger charge is -2.35. The number of pyridine rings is 1. The molecule has 0 radical (unpaired) electrons. The summed E-state index contributed by atoms with van der Waals surface area (Å²) in [6.45, 7) is 3.88. The molecule has 0 spiro atoms. The number of nitrogens with one attached hydrogen (secondary N) is 1. The van der Waals surface area contributed by atoms with E-state index in [9.17, 15) is 10.1 Å². The molecular formula is C17H23N3O2S. The molecule has 6 heteroatoms. The summed E-state index contributed by atoms with van der Waals surface area (Å²) in [5.74, 6) is 0.406. The Labute approximate surface area is 142 Å². The third-order valence-electron chi connectivity index (χ3n) is 4.22. The van der Waals surface area contributed by atoms with Gasteiger partial charge in [-0.3, -0.25) is 4.79 Å². The average Bonchev–Trinajstić information content (AvgIpc) is 2.54. The predicted molar refractivity (Wildman–Crippen MR) is 91.8 cm³/mol. The van der Waals surface area contributed by atoms with E-state index < -0.39 is 0 Å². The van der Waals surface area contributed by atoms with Crippen LogP contribution in [0.15, 0.2) is 12.3 Å². The maximum Gasteiger partial charge on any atom is 0.302 e. The average molecular weight is 333 g/mol. The molecule has 0 amide bonds. The first-order valence-electron chi connectivity index (χ1n) is 8.12. The highest BCUT2D eigenvalue weighted by Crippen LogP contribution is 2.28. The van der Waals surface area contributed by atoms with Crippen LogP contribution in [0.2, 0.25) is 0 Å². The number of hydrogen-bond donors (Lipinski definition) is 1. The summed E-state index contributed by atoms with van der Waals surface area (Å²) in [7, 11) is 0. The van der Waals surface area contributed by atoms with Crippen molar-refractivity contribution in [3.63, 3.8) is 0 Å². The Kier molecular flexibility index (Phi) is 6.60. The number of carbonyl (C=O) groups is 1. The second kappa shape index (κ2) is 8.68. The number of carbonyl (C=O) groups excluding carboxylic acids is 1. The van der Waals surface area contributed by atoms with E-state index in [1.54, 1.807) is 6.20 Å². The van der Waals surface area contributed by atoms with Crippen LogP contribution in [0, 0.1) is 21.9 Å². The number of piperidine rings is 1. The molecule has 1 unspecified atom stereocenters. The van der Waals surface area contributed by atoms with Crippen LogP contribution in [0.4, 0.5) is 5.69 Å². The van der Waals surface area contributed by atoms with Crippen LogP contribution < -0.4 is 4.90 Å². The zero-order valence-corrected chi connectivity index (χ0v) is 14.3. The lowest BCUT2D eigenvalue weighted by molar-refractivity contribution is -0.141. The predicted octanol–water partition coefficient (Wildman–Crippen LogP) is 3.57. The molecule has 0 aliphatic carbocycles. The molecular weight excluding hydrogens is 310 g/mol. The molecule has 1 aliphatic rings. The maximum atomic E-state index is 10.7. The molecule has 1 saturated heterocycles. The first-order chi connectivity index (χ1) is 11.1. The van der Waals surface area contributed by atoms with Crippen LogP contribution in [-0.4, -0.2) is 30.6 Å². The van der Waals surface area contributed by atoms with E-state index in [-0.39, 0.29) is 5.97 Å². The van der Waals surface area contributed by atoms with Crippen molar-refractivity contribution in [2.75, 3.05) is 24.6 Å². The van der Waals surface area contributed by atoms with E-state index in [1.807, 2.05) is 6.07 Å². The molecule has 0 saturated carbocycles. The molecule has 124 valence electrons. The smallest absolute Gasteiger partial charge is 0.302 e. The third-order valence-corrected chi connectivity index (χ3v) is 4.54. The molecule has 2 rings (SSSR count). The molecule has 23 heavy (non-hydrogen) atoms. The van der Waals surface area contributed by atoms with Gasteiger partial charge in [-0.1, -0.05) is 12.2 Å². The van der Waals surface area contributed by atoms with Crippen LogP contribution in [0.25, 0.3) is 0 Å².